The van der Waals surface area contributed by atoms with Crippen molar-refractivity contribution in [1.29, 1.82) is 0 Å². The first-order chi connectivity index (χ1) is 12.6. The quantitative estimate of drug-likeness (QED) is 0.695. The number of hydrogen-bond donors (Lipinski definition) is 3. The Morgan fingerprint density at radius 1 is 1.31 bits per heavy atom. The maximum Gasteiger partial charge on any atom is 0.269 e. The molecule has 1 amide bonds. The van der Waals surface area contributed by atoms with Gasteiger partial charge in [-0.15, -0.1) is 0 Å². The van der Waals surface area contributed by atoms with Gasteiger partial charge in [0.05, 0.1) is 0 Å². The molecule has 1 atom stereocenters. The highest BCUT2D eigenvalue weighted by molar-refractivity contribution is 6.30. The third-order valence-electron chi connectivity index (χ3n) is 4.63. The molecule has 1 aliphatic rings. The Kier molecular flexibility index (Phi) is 5.78. The molecular weight excluding hydrogens is 352 g/mol. The maximum atomic E-state index is 12.2. The van der Waals surface area contributed by atoms with Gasteiger partial charge in [0.2, 0.25) is 0 Å². The van der Waals surface area contributed by atoms with Gasteiger partial charge in [-0.3, -0.25) is 15.6 Å². The van der Waals surface area contributed by atoms with Crippen LogP contribution in [0.15, 0.2) is 30.6 Å². The number of amides is 1. The summed E-state index contributed by atoms with van der Waals surface area (Å²) in [5, 5.41) is 0.575. The van der Waals surface area contributed by atoms with E-state index in [1.807, 2.05) is 0 Å². The summed E-state index contributed by atoms with van der Waals surface area (Å²) >= 11 is 5.84. The second kappa shape index (κ2) is 8.23. The number of rotatable bonds is 5. The summed E-state index contributed by atoms with van der Waals surface area (Å²) in [5.41, 5.74) is 12.6. The van der Waals surface area contributed by atoms with Crippen LogP contribution in [0.2, 0.25) is 5.02 Å². The molecule has 0 radical (unpaired) electrons. The van der Waals surface area contributed by atoms with E-state index in [9.17, 15) is 4.79 Å². The van der Waals surface area contributed by atoms with Gasteiger partial charge in [-0.25, -0.2) is 9.97 Å². The fraction of sp³-hybridized carbons (Fsp3) is 0.389. The number of carbonyl (C=O) groups is 1. The average Bonchev–Trinajstić information content (AvgIpc) is 2.67. The first kappa shape index (κ1) is 18.3. The van der Waals surface area contributed by atoms with Crippen molar-refractivity contribution in [1.82, 2.24) is 15.4 Å². The van der Waals surface area contributed by atoms with Crippen LogP contribution in [-0.2, 0) is 0 Å². The number of hydrazine groups is 1. The minimum atomic E-state index is -0.300. The molecule has 0 bridgehead atoms. The third kappa shape index (κ3) is 3.99. The molecule has 0 saturated carbocycles. The molecule has 3 rings (SSSR count). The Bertz CT molecular complexity index is 767. The summed E-state index contributed by atoms with van der Waals surface area (Å²) in [5.74, 6) is 0.804. The van der Waals surface area contributed by atoms with Gasteiger partial charge in [-0.05, 0) is 49.9 Å². The highest BCUT2D eigenvalue weighted by atomic mass is 35.5. The second-order valence-electron chi connectivity index (χ2n) is 6.30. The molecule has 0 aliphatic carbocycles. The van der Waals surface area contributed by atoms with Gasteiger partial charge in [0, 0.05) is 23.2 Å². The van der Waals surface area contributed by atoms with E-state index in [1.165, 1.54) is 12.7 Å². The number of nitrogen functional groups attached to an aromatic ring is 1. The number of carbonyl (C=O) groups excluding carboxylic acids is 1. The summed E-state index contributed by atoms with van der Waals surface area (Å²) in [6.07, 6.45) is 5.98. The van der Waals surface area contributed by atoms with Crippen LogP contribution >= 0.6 is 11.6 Å². The van der Waals surface area contributed by atoms with Gasteiger partial charge < -0.3 is 10.6 Å². The second-order valence-corrected chi connectivity index (χ2v) is 6.73. The van der Waals surface area contributed by atoms with Gasteiger partial charge in [0.15, 0.2) is 11.6 Å². The van der Waals surface area contributed by atoms with Crippen molar-refractivity contribution in [2.75, 3.05) is 22.6 Å². The van der Waals surface area contributed by atoms with E-state index in [0.717, 1.165) is 31.6 Å². The molecule has 1 aromatic heterocycles. The lowest BCUT2D eigenvalue weighted by Gasteiger charge is -2.36. The average molecular weight is 375 g/mol. The lowest BCUT2D eigenvalue weighted by Crippen LogP contribution is -2.40. The topological polar surface area (TPSA) is 96.2 Å². The number of nitrogens with zero attached hydrogens (tertiary/aromatic N) is 3. The van der Waals surface area contributed by atoms with Gasteiger partial charge >= 0.3 is 0 Å². The predicted octanol–water partition coefficient (Wildman–Crippen LogP) is 3.24. The number of aromatic nitrogens is 2. The molecule has 26 heavy (non-hydrogen) atoms. The summed E-state index contributed by atoms with van der Waals surface area (Å²) in [7, 11) is 0. The van der Waals surface area contributed by atoms with Crippen molar-refractivity contribution in [2.24, 2.45) is 0 Å². The van der Waals surface area contributed by atoms with Crippen LogP contribution in [0.5, 0.6) is 0 Å². The molecule has 7 nitrogen and oxygen atoms in total. The minimum absolute atomic E-state index is 0.300. The van der Waals surface area contributed by atoms with Gasteiger partial charge in [-0.1, -0.05) is 18.5 Å². The third-order valence-corrected chi connectivity index (χ3v) is 4.89. The number of nitrogens with one attached hydrogen (secondary N) is 2. The van der Waals surface area contributed by atoms with Crippen molar-refractivity contribution in [3.05, 3.63) is 41.2 Å². The summed E-state index contributed by atoms with van der Waals surface area (Å²) in [4.78, 5) is 23.0. The van der Waals surface area contributed by atoms with Crippen LogP contribution in [0.1, 0.15) is 43.0 Å². The molecular formula is C18H23ClN6O. The molecule has 1 aromatic carbocycles. The van der Waals surface area contributed by atoms with E-state index in [1.54, 1.807) is 24.3 Å². The van der Waals surface area contributed by atoms with E-state index in [4.69, 9.17) is 17.3 Å². The van der Waals surface area contributed by atoms with Crippen molar-refractivity contribution >= 4 is 34.8 Å². The van der Waals surface area contributed by atoms with Crippen LogP contribution in [0, 0.1) is 0 Å². The Balaban J connectivity index is 1.72. The molecule has 1 aliphatic heterocycles. The van der Waals surface area contributed by atoms with Gasteiger partial charge in [0.1, 0.15) is 12.0 Å². The fourth-order valence-electron chi connectivity index (χ4n) is 3.21. The van der Waals surface area contributed by atoms with Crippen LogP contribution in [0.25, 0.3) is 0 Å². The Morgan fingerprint density at radius 2 is 2.08 bits per heavy atom. The summed E-state index contributed by atoms with van der Waals surface area (Å²) in [6, 6.07) is 7.04. The van der Waals surface area contributed by atoms with Crippen LogP contribution in [-0.4, -0.2) is 28.5 Å². The molecule has 8 heteroatoms. The van der Waals surface area contributed by atoms with Crippen molar-refractivity contribution in [2.45, 2.75) is 38.6 Å². The SMILES string of the molecule is CCC1CCCCN1c1ncnc(NNC(=O)c2ccc(Cl)cc2)c1N. The summed E-state index contributed by atoms with van der Waals surface area (Å²) < 4.78 is 0. The number of nitrogens with two attached hydrogens (primary N) is 1. The standard InChI is InChI=1S/C18H23ClN6O/c1-2-14-5-3-4-10-25(14)17-15(20)16(21-11-22-17)23-24-18(26)12-6-8-13(19)9-7-12/h6-9,11,14H,2-5,10,20H2,1H3,(H,24,26)(H,21,22,23). The van der Waals surface area contributed by atoms with Crippen LogP contribution in [0.3, 0.4) is 0 Å². The molecule has 2 aromatic rings. The number of hydrogen-bond acceptors (Lipinski definition) is 6. The van der Waals surface area contributed by atoms with E-state index >= 15 is 0 Å². The highest BCUT2D eigenvalue weighted by Crippen LogP contribution is 2.31. The largest absolute Gasteiger partial charge is 0.393 e. The maximum absolute atomic E-state index is 12.2. The van der Waals surface area contributed by atoms with Crippen molar-refractivity contribution < 1.29 is 4.79 Å². The Hall–Kier alpha value is -2.54. The van der Waals surface area contributed by atoms with Gasteiger partial charge in [-0.2, -0.15) is 0 Å². The first-order valence-electron chi connectivity index (χ1n) is 8.79. The zero-order valence-electron chi connectivity index (χ0n) is 14.7. The van der Waals surface area contributed by atoms with E-state index in [-0.39, 0.29) is 5.91 Å². The predicted molar refractivity (Wildman–Crippen MR) is 104 cm³/mol. The fourth-order valence-corrected chi connectivity index (χ4v) is 3.33. The molecule has 0 spiro atoms. The molecule has 4 N–H and O–H groups in total. The number of benzene rings is 1. The summed E-state index contributed by atoms with van der Waals surface area (Å²) in [6.45, 7) is 3.10. The van der Waals surface area contributed by atoms with Crippen LogP contribution in [0.4, 0.5) is 17.3 Å². The Morgan fingerprint density at radius 3 is 2.81 bits per heavy atom. The molecule has 1 fully saturated rings. The normalized spacial score (nSPS) is 17.0. The van der Waals surface area contributed by atoms with E-state index < -0.39 is 0 Å². The Labute approximate surface area is 157 Å². The minimum Gasteiger partial charge on any atom is -0.393 e. The zero-order valence-corrected chi connectivity index (χ0v) is 15.5. The first-order valence-corrected chi connectivity index (χ1v) is 9.17. The smallest absolute Gasteiger partial charge is 0.269 e. The van der Waals surface area contributed by atoms with Crippen molar-refractivity contribution in [3.63, 3.8) is 0 Å². The number of halogens is 1. The van der Waals surface area contributed by atoms with Gasteiger partial charge in [0.25, 0.3) is 5.91 Å². The zero-order chi connectivity index (χ0) is 18.5. The molecule has 1 unspecified atom stereocenters. The lowest BCUT2D eigenvalue weighted by molar-refractivity contribution is 0.0962. The lowest BCUT2D eigenvalue weighted by atomic mass is 10.00. The molecule has 2 heterocycles. The number of piperidine rings is 1. The number of anilines is 3. The van der Waals surface area contributed by atoms with E-state index in [2.05, 4.69) is 32.6 Å². The van der Waals surface area contributed by atoms with Crippen molar-refractivity contribution in [3.8, 4) is 0 Å². The van der Waals surface area contributed by atoms with E-state index in [0.29, 0.717) is 28.1 Å². The molecule has 1 saturated heterocycles. The monoisotopic (exact) mass is 374 g/mol. The highest BCUT2D eigenvalue weighted by Gasteiger charge is 2.25. The van der Waals surface area contributed by atoms with Crippen LogP contribution < -0.4 is 21.5 Å². The molecule has 138 valence electrons.